The molecule has 1 fully saturated rings. The number of carbonyl (C=O) groups is 6. The predicted molar refractivity (Wildman–Crippen MR) is 145 cm³/mol. The van der Waals surface area contributed by atoms with Gasteiger partial charge < -0.3 is 31.1 Å². The normalized spacial score (nSPS) is 17.4. The summed E-state index contributed by atoms with van der Waals surface area (Å²) >= 11 is 0. The van der Waals surface area contributed by atoms with Gasteiger partial charge in [-0.3, -0.25) is 43.6 Å². The molecule has 1 rings (SSSR count). The van der Waals surface area contributed by atoms with Gasteiger partial charge in [-0.15, -0.1) is 0 Å². The molecule has 0 aromatic carbocycles. The van der Waals surface area contributed by atoms with Crippen molar-refractivity contribution in [2.45, 2.75) is 25.3 Å². The minimum absolute atomic E-state index is 0.149. The summed E-state index contributed by atoms with van der Waals surface area (Å²) in [5.41, 5.74) is 0. The smallest absolute Gasteiger partial charge is 0.326 e. The average molecular weight is 587 g/mol. The van der Waals surface area contributed by atoms with E-state index in [1.165, 1.54) is 0 Å². The van der Waals surface area contributed by atoms with Crippen LogP contribution in [0.5, 0.6) is 0 Å². The molecule has 6 N–H and O–H groups in total. The van der Waals surface area contributed by atoms with Gasteiger partial charge in [0, 0.05) is 58.9 Å². The second-order valence-corrected chi connectivity index (χ2v) is 9.74. The van der Waals surface area contributed by atoms with Crippen LogP contribution in [0.4, 0.5) is 0 Å². The highest BCUT2D eigenvalue weighted by molar-refractivity contribution is 5.86. The lowest BCUT2D eigenvalue weighted by molar-refractivity contribution is -0.142. The van der Waals surface area contributed by atoms with Gasteiger partial charge in [0.25, 0.3) is 0 Å². The Kier molecular flexibility index (Phi) is 16.8. The zero-order valence-corrected chi connectivity index (χ0v) is 23.2. The van der Waals surface area contributed by atoms with Crippen molar-refractivity contribution < 1.29 is 49.2 Å². The maximum absolute atomic E-state index is 12.8. The van der Waals surface area contributed by atoms with Crippen molar-refractivity contribution in [3.05, 3.63) is 12.7 Å². The Morgan fingerprint density at radius 2 is 1.05 bits per heavy atom. The number of carboxylic acid groups (broad SMARTS) is 4. The third-order valence-corrected chi connectivity index (χ3v) is 6.41. The largest absolute Gasteiger partial charge is 0.480 e. The second kappa shape index (κ2) is 19.5. The summed E-state index contributed by atoms with van der Waals surface area (Å²) in [5.74, 6) is -5.26. The van der Waals surface area contributed by atoms with Crippen molar-refractivity contribution in [1.82, 2.24) is 30.2 Å². The summed E-state index contributed by atoms with van der Waals surface area (Å²) in [6.07, 6.45) is 2.23. The Labute approximate surface area is 238 Å². The van der Waals surface area contributed by atoms with Crippen molar-refractivity contribution >= 4 is 35.7 Å². The highest BCUT2D eigenvalue weighted by Gasteiger charge is 2.23. The second-order valence-electron chi connectivity index (χ2n) is 9.74. The van der Waals surface area contributed by atoms with Crippen LogP contribution in [0.15, 0.2) is 12.7 Å². The van der Waals surface area contributed by atoms with E-state index >= 15 is 0 Å². The van der Waals surface area contributed by atoms with E-state index in [-0.39, 0.29) is 90.9 Å². The summed E-state index contributed by atoms with van der Waals surface area (Å²) < 4.78 is 0. The quantitative estimate of drug-likeness (QED) is 0.0814. The molecule has 1 atom stereocenters. The van der Waals surface area contributed by atoms with Gasteiger partial charge in [-0.1, -0.05) is 6.58 Å². The molecule has 0 bridgehead atoms. The number of amides is 2. The van der Waals surface area contributed by atoms with Gasteiger partial charge in [-0.05, 0) is 25.3 Å². The van der Waals surface area contributed by atoms with Crippen molar-refractivity contribution in [2.24, 2.45) is 0 Å². The lowest BCUT2D eigenvalue weighted by Crippen LogP contribution is -2.51. The average Bonchev–Trinajstić information content (AvgIpc) is 2.88. The highest BCUT2D eigenvalue weighted by atomic mass is 16.4. The Hall–Kier alpha value is -3.60. The molecule has 0 spiro atoms. The van der Waals surface area contributed by atoms with Crippen molar-refractivity contribution in [3.63, 3.8) is 0 Å². The number of aliphatic carboxylic acids is 4. The van der Waals surface area contributed by atoms with Crippen LogP contribution < -0.4 is 10.6 Å². The number of unbranched alkanes of at least 4 members (excludes halogenated alkanes) is 1. The van der Waals surface area contributed by atoms with Gasteiger partial charge >= 0.3 is 23.9 Å². The van der Waals surface area contributed by atoms with E-state index in [9.17, 15) is 49.2 Å². The maximum Gasteiger partial charge on any atom is 0.326 e. The molecule has 0 aliphatic carbocycles. The lowest BCUT2D eigenvalue weighted by atomic mass is 10.1. The minimum atomic E-state index is -1.20. The van der Waals surface area contributed by atoms with Crippen LogP contribution >= 0.6 is 0 Å². The fraction of sp³-hybridized carbons (Fsp3) is 0.680. The zero-order chi connectivity index (χ0) is 30.8. The Morgan fingerprint density at radius 3 is 1.39 bits per heavy atom. The van der Waals surface area contributed by atoms with Gasteiger partial charge in [0.2, 0.25) is 11.8 Å². The summed E-state index contributed by atoms with van der Waals surface area (Å²) in [4.78, 5) is 76.4. The fourth-order valence-electron chi connectivity index (χ4n) is 4.24. The van der Waals surface area contributed by atoms with E-state index in [1.807, 2.05) is 0 Å². The molecule has 41 heavy (non-hydrogen) atoms. The van der Waals surface area contributed by atoms with Crippen LogP contribution in [-0.2, 0) is 28.8 Å². The van der Waals surface area contributed by atoms with Crippen LogP contribution in [0.3, 0.4) is 0 Å². The van der Waals surface area contributed by atoms with E-state index in [2.05, 4.69) is 17.2 Å². The molecule has 232 valence electrons. The van der Waals surface area contributed by atoms with E-state index in [0.29, 0.717) is 19.4 Å². The number of carboxylic acids is 4. The monoisotopic (exact) mass is 586 g/mol. The number of nitrogens with one attached hydrogen (secondary N) is 2. The molecule has 0 saturated carbocycles. The Balaban J connectivity index is 2.88. The van der Waals surface area contributed by atoms with Crippen LogP contribution in [-0.4, -0.2) is 167 Å². The van der Waals surface area contributed by atoms with Gasteiger partial charge in [0.15, 0.2) is 0 Å². The molecule has 1 saturated heterocycles. The highest BCUT2D eigenvalue weighted by Crippen LogP contribution is 2.04. The topological polar surface area (TPSA) is 220 Å². The van der Waals surface area contributed by atoms with Crippen LogP contribution in [0.25, 0.3) is 0 Å². The molecule has 1 aliphatic heterocycles. The Bertz CT molecular complexity index is 885. The zero-order valence-electron chi connectivity index (χ0n) is 23.2. The summed E-state index contributed by atoms with van der Waals surface area (Å²) in [6, 6.07) is -1.14. The summed E-state index contributed by atoms with van der Waals surface area (Å²) in [7, 11) is 0. The number of hydrogen-bond donors (Lipinski definition) is 6. The number of hydrogen-bond acceptors (Lipinski definition) is 10. The summed E-state index contributed by atoms with van der Waals surface area (Å²) in [5, 5.41) is 42.5. The lowest BCUT2D eigenvalue weighted by Gasteiger charge is -2.33. The SMILES string of the molecule is C=CC(=O)NCCCC[C@H](NC(=O)CN1CCN(CC(=O)O)CCN(CC(=O)O)CCN(CC(=O)O)CC1)C(=O)O. The minimum Gasteiger partial charge on any atom is -0.480 e. The molecule has 0 aromatic rings. The standard InChI is InChI=1S/C25H42N6O10/c1-2-20(32)26-6-4-3-5-19(25(40)41)27-21(33)15-28-7-9-29(16-22(34)35)11-13-31(18-24(38)39)14-12-30(10-8-28)17-23(36)37/h2,19H,1,3-18H2,(H,26,32)(H,27,33)(H,34,35)(H,36,37)(H,38,39)(H,40,41)/t19-/m0/s1. The van der Waals surface area contributed by atoms with Gasteiger partial charge in [-0.25, -0.2) is 4.79 Å². The predicted octanol–water partition coefficient (Wildman–Crippen LogP) is -2.50. The first-order chi connectivity index (χ1) is 19.4. The third-order valence-electron chi connectivity index (χ3n) is 6.41. The van der Waals surface area contributed by atoms with Crippen LogP contribution in [0.1, 0.15) is 19.3 Å². The van der Waals surface area contributed by atoms with E-state index in [1.54, 1.807) is 19.6 Å². The molecule has 1 aliphatic rings. The van der Waals surface area contributed by atoms with Crippen LogP contribution in [0.2, 0.25) is 0 Å². The van der Waals surface area contributed by atoms with Gasteiger partial charge in [0.05, 0.1) is 26.2 Å². The van der Waals surface area contributed by atoms with Crippen molar-refractivity contribution in [3.8, 4) is 0 Å². The van der Waals surface area contributed by atoms with Gasteiger partial charge in [0.1, 0.15) is 6.04 Å². The van der Waals surface area contributed by atoms with E-state index in [4.69, 9.17) is 0 Å². The van der Waals surface area contributed by atoms with Crippen LogP contribution in [0, 0.1) is 0 Å². The first-order valence-corrected chi connectivity index (χ1v) is 13.4. The molecule has 2 amide bonds. The van der Waals surface area contributed by atoms with Gasteiger partial charge in [-0.2, -0.15) is 0 Å². The Morgan fingerprint density at radius 1 is 0.659 bits per heavy atom. The molecule has 0 unspecified atom stereocenters. The fourth-order valence-corrected chi connectivity index (χ4v) is 4.24. The van der Waals surface area contributed by atoms with Crippen molar-refractivity contribution in [2.75, 3.05) is 85.1 Å². The third kappa shape index (κ3) is 17.0. The molecule has 16 nitrogen and oxygen atoms in total. The number of rotatable bonds is 16. The first kappa shape index (κ1) is 35.4. The molecular weight excluding hydrogens is 544 g/mol. The molecule has 0 aromatic heterocycles. The van der Waals surface area contributed by atoms with Crippen molar-refractivity contribution in [1.29, 1.82) is 0 Å². The molecule has 16 heteroatoms. The summed E-state index contributed by atoms with van der Waals surface area (Å²) in [6.45, 7) is 4.57. The molecular formula is C25H42N6O10. The molecule has 0 radical (unpaired) electrons. The van der Waals surface area contributed by atoms with E-state index in [0.717, 1.165) is 6.08 Å². The number of nitrogens with zero attached hydrogens (tertiary/aromatic N) is 4. The molecule has 1 heterocycles. The van der Waals surface area contributed by atoms with E-state index < -0.39 is 35.8 Å². The number of carbonyl (C=O) groups excluding carboxylic acids is 2. The first-order valence-electron chi connectivity index (χ1n) is 13.4. The maximum atomic E-state index is 12.8.